The molecule has 2 unspecified atom stereocenters. The third-order valence-electron chi connectivity index (χ3n) is 1.99. The number of aliphatic hydroxyl groups excluding tert-OH is 2. The number of aliphatic hydroxyl groups is 2. The first-order valence-electron chi connectivity index (χ1n) is 4.25. The summed E-state index contributed by atoms with van der Waals surface area (Å²) in [5.41, 5.74) is 0. The van der Waals surface area contributed by atoms with E-state index in [-0.39, 0.29) is 13.1 Å². The third kappa shape index (κ3) is 3.56. The molecule has 0 saturated carbocycles. The molecule has 0 aromatic rings. The summed E-state index contributed by atoms with van der Waals surface area (Å²) in [5, 5.41) is 19.7. The van der Waals surface area contributed by atoms with Crippen molar-refractivity contribution in [3.05, 3.63) is 0 Å². The molecule has 1 aliphatic heterocycles. The van der Waals surface area contributed by atoms with E-state index in [2.05, 4.69) is 0 Å². The molecule has 0 bridgehead atoms. The Morgan fingerprint density at radius 1 is 1.33 bits per heavy atom. The van der Waals surface area contributed by atoms with Crippen molar-refractivity contribution in [3.8, 4) is 0 Å². The maximum atomic E-state index is 11.7. The number of β-amino-alcohol motifs (C(OH)–C–C–N with tert-alkyl or cyclic N) is 2. The molecule has 0 aromatic heterocycles. The first-order valence-corrected chi connectivity index (χ1v) is 4.25. The zero-order chi connectivity index (χ0) is 11.6. The van der Waals surface area contributed by atoms with Gasteiger partial charge in [-0.3, -0.25) is 0 Å². The van der Waals surface area contributed by atoms with E-state index in [0.29, 0.717) is 0 Å². The summed E-state index contributed by atoms with van der Waals surface area (Å²) in [7, 11) is 0. The average Bonchev–Trinajstić information content (AvgIpc) is 2.42. The van der Waals surface area contributed by atoms with Gasteiger partial charge in [0, 0.05) is 0 Å². The van der Waals surface area contributed by atoms with Crippen LogP contribution in [0.4, 0.5) is 18.0 Å². The Hall–Kier alpha value is -1.02. The number of hydrogen-bond acceptors (Lipinski definition) is 3. The number of carbonyl (C=O) groups excluding carboxylic acids is 1. The second-order valence-corrected chi connectivity index (χ2v) is 3.31. The zero-order valence-electron chi connectivity index (χ0n) is 7.66. The molecule has 0 aliphatic carbocycles. The monoisotopic (exact) mass is 228 g/mol. The van der Waals surface area contributed by atoms with Crippen LogP contribution < -0.4 is 5.32 Å². The van der Waals surface area contributed by atoms with E-state index >= 15 is 0 Å². The lowest BCUT2D eigenvalue weighted by Gasteiger charge is -2.16. The molecule has 1 fully saturated rings. The molecule has 0 radical (unpaired) electrons. The Balaban J connectivity index is 2.36. The number of rotatable bonds is 1. The van der Waals surface area contributed by atoms with Crippen molar-refractivity contribution in [2.75, 3.05) is 19.6 Å². The first-order chi connectivity index (χ1) is 6.79. The molecule has 5 nitrogen and oxygen atoms in total. The van der Waals surface area contributed by atoms with Crippen molar-refractivity contribution in [1.29, 1.82) is 0 Å². The molecule has 2 amide bonds. The number of nitrogens with one attached hydrogen (secondary N) is 1. The van der Waals surface area contributed by atoms with Crippen molar-refractivity contribution in [1.82, 2.24) is 10.2 Å². The van der Waals surface area contributed by atoms with E-state index in [0.717, 1.165) is 4.90 Å². The predicted molar refractivity (Wildman–Crippen MR) is 43.0 cm³/mol. The molecule has 1 heterocycles. The molecular weight excluding hydrogens is 217 g/mol. The Kier molecular flexibility index (Phi) is 3.40. The van der Waals surface area contributed by atoms with Crippen molar-refractivity contribution < 1.29 is 28.2 Å². The van der Waals surface area contributed by atoms with Gasteiger partial charge >= 0.3 is 12.2 Å². The Morgan fingerprint density at radius 2 is 1.80 bits per heavy atom. The lowest BCUT2D eigenvalue weighted by molar-refractivity contribution is -0.123. The standard InChI is InChI=1S/C7H11F3N2O3/c8-7(9,10)3-11-6(15)12-1-4(13)5(14)2-12/h4-5,13-14H,1-3H2,(H,11,15). The topological polar surface area (TPSA) is 72.8 Å². The van der Waals surface area contributed by atoms with Crippen LogP contribution >= 0.6 is 0 Å². The summed E-state index contributed by atoms with van der Waals surface area (Å²) in [6.45, 7) is -1.75. The molecule has 1 aliphatic rings. The van der Waals surface area contributed by atoms with Crippen LogP contribution in [0.25, 0.3) is 0 Å². The highest BCUT2D eigenvalue weighted by Gasteiger charge is 2.34. The quantitative estimate of drug-likeness (QED) is 0.555. The number of carbonyl (C=O) groups is 1. The van der Waals surface area contributed by atoms with E-state index in [4.69, 9.17) is 10.2 Å². The van der Waals surface area contributed by atoms with E-state index in [1.807, 2.05) is 0 Å². The van der Waals surface area contributed by atoms with Gasteiger partial charge in [-0.1, -0.05) is 0 Å². The molecule has 88 valence electrons. The molecule has 2 atom stereocenters. The summed E-state index contributed by atoms with van der Waals surface area (Å²) < 4.78 is 35.2. The summed E-state index contributed by atoms with van der Waals surface area (Å²) in [5.74, 6) is 0. The van der Waals surface area contributed by atoms with Crippen molar-refractivity contribution in [2.45, 2.75) is 18.4 Å². The van der Waals surface area contributed by atoms with E-state index in [1.165, 1.54) is 0 Å². The smallest absolute Gasteiger partial charge is 0.388 e. The van der Waals surface area contributed by atoms with Crippen LogP contribution in [0.2, 0.25) is 0 Å². The van der Waals surface area contributed by atoms with Crippen LogP contribution in [0.3, 0.4) is 0 Å². The number of likely N-dealkylation sites (tertiary alicyclic amines) is 1. The van der Waals surface area contributed by atoms with Crippen molar-refractivity contribution in [3.63, 3.8) is 0 Å². The minimum absolute atomic E-state index is 0.162. The van der Waals surface area contributed by atoms with Gasteiger partial charge in [-0.25, -0.2) is 4.79 Å². The Labute approximate surface area is 83.5 Å². The maximum Gasteiger partial charge on any atom is 0.405 e. The number of nitrogens with zero attached hydrogens (tertiary/aromatic N) is 1. The van der Waals surface area contributed by atoms with Crippen LogP contribution in [-0.2, 0) is 0 Å². The zero-order valence-corrected chi connectivity index (χ0v) is 7.66. The highest BCUT2D eigenvalue weighted by atomic mass is 19.4. The second kappa shape index (κ2) is 4.23. The fraction of sp³-hybridized carbons (Fsp3) is 0.857. The van der Waals surface area contributed by atoms with Gasteiger partial charge in [0.2, 0.25) is 0 Å². The average molecular weight is 228 g/mol. The summed E-state index contributed by atoms with van der Waals surface area (Å²) in [6.07, 6.45) is -6.66. The number of urea groups is 1. The SMILES string of the molecule is O=C(NCC(F)(F)F)N1CC(O)C(O)C1. The highest BCUT2D eigenvalue weighted by molar-refractivity contribution is 5.74. The summed E-state index contributed by atoms with van der Waals surface area (Å²) in [6, 6.07) is -0.942. The van der Waals surface area contributed by atoms with Crippen LogP contribution in [0, 0.1) is 0 Å². The minimum atomic E-state index is -4.47. The van der Waals surface area contributed by atoms with Gasteiger partial charge < -0.3 is 20.4 Å². The van der Waals surface area contributed by atoms with Crippen LogP contribution in [0.15, 0.2) is 0 Å². The van der Waals surface area contributed by atoms with Crippen LogP contribution in [0.5, 0.6) is 0 Å². The van der Waals surface area contributed by atoms with Gasteiger partial charge in [-0.05, 0) is 0 Å². The van der Waals surface area contributed by atoms with Crippen molar-refractivity contribution in [2.24, 2.45) is 0 Å². The fourth-order valence-electron chi connectivity index (χ4n) is 1.22. The number of hydrogen-bond donors (Lipinski definition) is 3. The molecule has 15 heavy (non-hydrogen) atoms. The number of halogens is 3. The molecular formula is C7H11F3N2O3. The van der Waals surface area contributed by atoms with E-state index < -0.39 is 31.0 Å². The summed E-state index contributed by atoms with van der Waals surface area (Å²) in [4.78, 5) is 12.0. The number of alkyl halides is 3. The fourth-order valence-corrected chi connectivity index (χ4v) is 1.22. The molecule has 1 saturated heterocycles. The van der Waals surface area contributed by atoms with Crippen LogP contribution in [-0.4, -0.2) is 59.2 Å². The summed E-state index contributed by atoms with van der Waals surface area (Å²) >= 11 is 0. The van der Waals surface area contributed by atoms with E-state index in [9.17, 15) is 18.0 Å². The molecule has 1 rings (SSSR count). The minimum Gasteiger partial charge on any atom is -0.388 e. The number of amides is 2. The largest absolute Gasteiger partial charge is 0.405 e. The van der Waals surface area contributed by atoms with Gasteiger partial charge in [0.1, 0.15) is 6.54 Å². The highest BCUT2D eigenvalue weighted by Crippen LogP contribution is 2.14. The van der Waals surface area contributed by atoms with Gasteiger partial charge in [-0.15, -0.1) is 0 Å². The van der Waals surface area contributed by atoms with Gasteiger partial charge in [0.05, 0.1) is 25.3 Å². The molecule has 0 aromatic carbocycles. The van der Waals surface area contributed by atoms with Crippen molar-refractivity contribution >= 4 is 6.03 Å². The van der Waals surface area contributed by atoms with Gasteiger partial charge in [-0.2, -0.15) is 13.2 Å². The Morgan fingerprint density at radius 3 is 2.20 bits per heavy atom. The lowest BCUT2D eigenvalue weighted by atomic mass is 10.3. The van der Waals surface area contributed by atoms with Gasteiger partial charge in [0.15, 0.2) is 0 Å². The lowest BCUT2D eigenvalue weighted by Crippen LogP contribution is -2.43. The second-order valence-electron chi connectivity index (χ2n) is 3.31. The molecule has 3 N–H and O–H groups in total. The predicted octanol–water partition coefficient (Wildman–Crippen LogP) is -0.704. The first kappa shape index (κ1) is 12.1. The maximum absolute atomic E-state index is 11.7. The van der Waals surface area contributed by atoms with Gasteiger partial charge in [0.25, 0.3) is 0 Å². The van der Waals surface area contributed by atoms with Crippen LogP contribution in [0.1, 0.15) is 0 Å². The van der Waals surface area contributed by atoms with E-state index in [1.54, 1.807) is 5.32 Å². The molecule has 0 spiro atoms. The normalized spacial score (nSPS) is 26.9. The molecule has 8 heteroatoms. The Bertz CT molecular complexity index is 236. The third-order valence-corrected chi connectivity index (χ3v) is 1.99.